The van der Waals surface area contributed by atoms with Crippen LogP contribution in [-0.2, 0) is 0 Å². The van der Waals surface area contributed by atoms with Gasteiger partial charge in [-0.1, -0.05) is 74.7 Å². The van der Waals surface area contributed by atoms with E-state index >= 15 is 0 Å². The minimum absolute atomic E-state index is 0.103. The minimum atomic E-state index is 0.103. The molecule has 0 unspecified atom stereocenters. The molecular formula is C38H73N7. The van der Waals surface area contributed by atoms with Crippen molar-refractivity contribution in [3.05, 3.63) is 0 Å². The van der Waals surface area contributed by atoms with Gasteiger partial charge in [0.1, 0.15) is 0 Å². The van der Waals surface area contributed by atoms with Gasteiger partial charge in [-0.15, -0.1) is 0 Å². The maximum Gasteiger partial charge on any atom is 0.232 e. The Bertz CT molecular complexity index is 950. The molecular weight excluding hydrogens is 554 g/mol. The molecule has 7 nitrogen and oxygen atoms in total. The molecule has 0 atom stereocenters. The molecule has 1 saturated heterocycles. The highest BCUT2D eigenvalue weighted by Gasteiger charge is 2.49. The van der Waals surface area contributed by atoms with Crippen molar-refractivity contribution in [1.82, 2.24) is 19.9 Å². The average Bonchev–Trinajstić information content (AvgIpc) is 2.91. The maximum absolute atomic E-state index is 5.43. The van der Waals surface area contributed by atoms with Gasteiger partial charge in [0.15, 0.2) is 0 Å². The van der Waals surface area contributed by atoms with Crippen LogP contribution in [0.3, 0.4) is 0 Å². The van der Waals surface area contributed by atoms with E-state index in [9.17, 15) is 0 Å². The molecule has 0 amide bonds. The quantitative estimate of drug-likeness (QED) is 0.192. The van der Waals surface area contributed by atoms with E-state index in [-0.39, 0.29) is 21.9 Å². The molecule has 1 aromatic rings. The van der Waals surface area contributed by atoms with Crippen LogP contribution in [0.15, 0.2) is 0 Å². The molecule has 0 radical (unpaired) electrons. The first kappa shape index (κ1) is 37.8. The van der Waals surface area contributed by atoms with Crippen molar-refractivity contribution in [2.24, 2.45) is 16.7 Å². The molecule has 3 rings (SSSR count). The first-order chi connectivity index (χ1) is 21.0. The molecule has 2 heterocycles. The van der Waals surface area contributed by atoms with Gasteiger partial charge >= 0.3 is 0 Å². The number of hydrogen-bond donors (Lipinski definition) is 0. The largest absolute Gasteiger partial charge is 0.341 e. The van der Waals surface area contributed by atoms with Gasteiger partial charge in [0.25, 0.3) is 0 Å². The summed E-state index contributed by atoms with van der Waals surface area (Å²) in [7, 11) is 0. The van der Waals surface area contributed by atoms with Crippen molar-refractivity contribution in [3.8, 4) is 0 Å². The van der Waals surface area contributed by atoms with Gasteiger partial charge in [-0.3, -0.25) is 4.90 Å². The zero-order chi connectivity index (χ0) is 33.8. The van der Waals surface area contributed by atoms with Crippen LogP contribution in [0.25, 0.3) is 0 Å². The highest BCUT2D eigenvalue weighted by molar-refractivity contribution is 5.48. The minimum Gasteiger partial charge on any atom is -0.341 e. The van der Waals surface area contributed by atoms with Crippen LogP contribution >= 0.6 is 0 Å². The van der Waals surface area contributed by atoms with Crippen molar-refractivity contribution < 1.29 is 0 Å². The Hall–Kier alpha value is -1.63. The molecule has 45 heavy (non-hydrogen) atoms. The number of aromatic nitrogens is 3. The molecule has 1 saturated carbocycles. The summed E-state index contributed by atoms with van der Waals surface area (Å²) in [5.41, 5.74) is 0.737. The Morgan fingerprint density at radius 1 is 0.600 bits per heavy atom. The van der Waals surface area contributed by atoms with Crippen LogP contribution in [0.5, 0.6) is 0 Å². The molecule has 2 aliphatic rings. The van der Waals surface area contributed by atoms with E-state index in [1.165, 1.54) is 32.1 Å². The van der Waals surface area contributed by atoms with E-state index in [2.05, 4.69) is 117 Å². The lowest BCUT2D eigenvalue weighted by molar-refractivity contribution is -0.0315. The van der Waals surface area contributed by atoms with Gasteiger partial charge in [0, 0.05) is 49.3 Å². The SMILES string of the molecule is CCCCN(CCCC)c1nc(N(CC)C2CC(C)(C)C(CC)C(C)(C)C2)nc(N(CC)C2CC(C)(C)N(CC)C(C)(C)C2)n1. The standard InChI is InChI=1S/C38H73N7/c1-15-21-23-42(24-22-16-2)32-39-33(43(18-4)29-25-35(7,8)31(17-3)36(9,10)26-29)41-34(40-32)44(19-5)30-27-37(11,12)45(20-6)38(13,14)28-30/h29-31H,15-28H2,1-14H3. The van der Waals surface area contributed by atoms with Crippen LogP contribution in [0.4, 0.5) is 17.8 Å². The van der Waals surface area contributed by atoms with E-state index < -0.39 is 0 Å². The van der Waals surface area contributed by atoms with Crippen molar-refractivity contribution in [1.29, 1.82) is 0 Å². The van der Waals surface area contributed by atoms with Crippen LogP contribution in [-0.4, -0.2) is 75.7 Å². The lowest BCUT2D eigenvalue weighted by Gasteiger charge is -2.56. The topological polar surface area (TPSA) is 51.6 Å². The predicted octanol–water partition coefficient (Wildman–Crippen LogP) is 9.21. The first-order valence-corrected chi connectivity index (χ1v) is 18.8. The zero-order valence-electron chi connectivity index (χ0n) is 32.3. The number of likely N-dealkylation sites (tertiary alicyclic amines) is 1. The molecule has 0 N–H and O–H groups in total. The van der Waals surface area contributed by atoms with E-state index in [4.69, 9.17) is 15.0 Å². The fraction of sp³-hybridized carbons (Fsp3) is 0.921. The average molecular weight is 628 g/mol. The molecule has 1 aliphatic heterocycles. The number of piperidine rings is 1. The van der Waals surface area contributed by atoms with Gasteiger partial charge in [-0.2, -0.15) is 15.0 Å². The molecule has 260 valence electrons. The molecule has 0 bridgehead atoms. The van der Waals surface area contributed by atoms with Crippen molar-refractivity contribution in [3.63, 3.8) is 0 Å². The molecule has 0 spiro atoms. The second-order valence-electron chi connectivity index (χ2n) is 16.9. The van der Waals surface area contributed by atoms with Gasteiger partial charge in [0.05, 0.1) is 0 Å². The number of unbranched alkanes of at least 4 members (excludes halogenated alkanes) is 2. The Labute approximate surface area is 279 Å². The van der Waals surface area contributed by atoms with Crippen molar-refractivity contribution in [2.75, 3.05) is 47.4 Å². The monoisotopic (exact) mass is 628 g/mol. The van der Waals surface area contributed by atoms with Crippen LogP contribution in [0, 0.1) is 16.7 Å². The summed E-state index contributed by atoms with van der Waals surface area (Å²) in [5, 5.41) is 0. The Morgan fingerprint density at radius 3 is 1.36 bits per heavy atom. The molecule has 1 aromatic heterocycles. The summed E-state index contributed by atoms with van der Waals surface area (Å²) in [6.07, 6.45) is 10.4. The summed E-state index contributed by atoms with van der Waals surface area (Å²) in [6, 6.07) is 0.782. The summed E-state index contributed by atoms with van der Waals surface area (Å²) in [4.78, 5) is 26.4. The summed E-state index contributed by atoms with van der Waals surface area (Å²) in [5.74, 6) is 3.33. The number of hydrogen-bond acceptors (Lipinski definition) is 7. The second-order valence-corrected chi connectivity index (χ2v) is 16.9. The molecule has 0 aromatic carbocycles. The lowest BCUT2D eigenvalue weighted by Crippen LogP contribution is -2.64. The highest BCUT2D eigenvalue weighted by atomic mass is 15.4. The molecule has 7 heteroatoms. The maximum atomic E-state index is 5.43. The predicted molar refractivity (Wildman–Crippen MR) is 196 cm³/mol. The van der Waals surface area contributed by atoms with Crippen LogP contribution < -0.4 is 14.7 Å². The van der Waals surface area contributed by atoms with E-state index in [0.29, 0.717) is 18.0 Å². The van der Waals surface area contributed by atoms with E-state index in [1.54, 1.807) is 0 Å². The highest BCUT2D eigenvalue weighted by Crippen LogP contribution is 2.53. The van der Waals surface area contributed by atoms with E-state index in [1.807, 2.05) is 0 Å². The van der Waals surface area contributed by atoms with Gasteiger partial charge in [-0.25, -0.2) is 0 Å². The second kappa shape index (κ2) is 15.1. The Kier molecular flexibility index (Phi) is 12.7. The van der Waals surface area contributed by atoms with Gasteiger partial charge in [-0.05, 0) is 103 Å². The Morgan fingerprint density at radius 2 is 1.00 bits per heavy atom. The fourth-order valence-corrected chi connectivity index (χ4v) is 10.2. The smallest absolute Gasteiger partial charge is 0.232 e. The van der Waals surface area contributed by atoms with E-state index in [0.717, 1.165) is 76.3 Å². The van der Waals surface area contributed by atoms with Crippen molar-refractivity contribution >= 4 is 17.8 Å². The van der Waals surface area contributed by atoms with Gasteiger partial charge < -0.3 is 14.7 Å². The molecule has 2 fully saturated rings. The lowest BCUT2D eigenvalue weighted by atomic mass is 9.55. The zero-order valence-corrected chi connectivity index (χ0v) is 32.3. The fourth-order valence-electron chi connectivity index (χ4n) is 10.2. The number of rotatable bonds is 15. The molecule has 1 aliphatic carbocycles. The third-order valence-electron chi connectivity index (χ3n) is 11.6. The third kappa shape index (κ3) is 8.46. The summed E-state index contributed by atoms with van der Waals surface area (Å²) in [6.45, 7) is 38.4. The third-order valence-corrected chi connectivity index (χ3v) is 11.6. The van der Waals surface area contributed by atoms with Gasteiger partial charge in [0.2, 0.25) is 17.8 Å². The van der Waals surface area contributed by atoms with Crippen molar-refractivity contribution in [2.45, 2.75) is 178 Å². The summed E-state index contributed by atoms with van der Waals surface area (Å²) < 4.78 is 0. The van der Waals surface area contributed by atoms with Crippen LogP contribution in [0.1, 0.15) is 155 Å². The van der Waals surface area contributed by atoms with Crippen LogP contribution in [0.2, 0.25) is 0 Å². The summed E-state index contributed by atoms with van der Waals surface area (Å²) >= 11 is 0. The normalized spacial score (nSPS) is 24.4. The number of nitrogens with zero attached hydrogens (tertiary/aromatic N) is 7. The first-order valence-electron chi connectivity index (χ1n) is 18.8. The number of anilines is 3. The Balaban J connectivity index is 2.15.